The lowest BCUT2D eigenvalue weighted by Gasteiger charge is -2.40. The van der Waals surface area contributed by atoms with Crippen molar-refractivity contribution in [2.45, 2.75) is 85.5 Å². The Balaban J connectivity index is 3.21. The molecule has 0 N–H and O–H groups in total. The van der Waals surface area contributed by atoms with Crippen LogP contribution >= 0.6 is 0 Å². The van der Waals surface area contributed by atoms with Crippen molar-refractivity contribution in [3.8, 4) is 0 Å². The predicted octanol–water partition coefficient (Wildman–Crippen LogP) is 4.90. The van der Waals surface area contributed by atoms with Gasteiger partial charge in [0.25, 0.3) is 0 Å². The fourth-order valence-electron chi connectivity index (χ4n) is 3.86. The van der Waals surface area contributed by atoms with Gasteiger partial charge in [0, 0.05) is 0 Å². The van der Waals surface area contributed by atoms with Crippen molar-refractivity contribution >= 4 is 11.9 Å². The standard InChI is InChI=1S/C20H36O4/c1-5-8-12-20(13-9-6-2)16(4)17(7-3)18(21)23-14-10-11-15-24-19(20)22/h16-17H,5-15H2,1-4H3. The molecule has 0 bridgehead atoms. The topological polar surface area (TPSA) is 52.6 Å². The van der Waals surface area contributed by atoms with Crippen molar-refractivity contribution in [2.75, 3.05) is 13.2 Å². The zero-order valence-corrected chi connectivity index (χ0v) is 16.1. The zero-order chi connectivity index (χ0) is 18.0. The fraction of sp³-hybridized carbons (Fsp3) is 0.900. The molecule has 1 aliphatic rings. The first-order chi connectivity index (χ1) is 11.5. The van der Waals surface area contributed by atoms with E-state index < -0.39 is 5.41 Å². The molecular formula is C20H36O4. The van der Waals surface area contributed by atoms with E-state index in [-0.39, 0.29) is 23.8 Å². The number of ether oxygens (including phenoxy) is 2. The second-order valence-electron chi connectivity index (χ2n) is 7.18. The van der Waals surface area contributed by atoms with Crippen LogP contribution in [0, 0.1) is 17.3 Å². The summed E-state index contributed by atoms with van der Waals surface area (Å²) in [5, 5.41) is 0. The molecule has 1 heterocycles. The van der Waals surface area contributed by atoms with Gasteiger partial charge in [-0.05, 0) is 38.0 Å². The van der Waals surface area contributed by atoms with E-state index in [2.05, 4.69) is 20.8 Å². The molecule has 0 radical (unpaired) electrons. The van der Waals surface area contributed by atoms with Gasteiger partial charge in [0.05, 0.1) is 24.5 Å². The maximum absolute atomic E-state index is 13.1. The predicted molar refractivity (Wildman–Crippen MR) is 95.6 cm³/mol. The van der Waals surface area contributed by atoms with Crippen molar-refractivity contribution in [2.24, 2.45) is 17.3 Å². The second-order valence-corrected chi connectivity index (χ2v) is 7.18. The Morgan fingerprint density at radius 2 is 1.50 bits per heavy atom. The van der Waals surface area contributed by atoms with Crippen molar-refractivity contribution in [3.63, 3.8) is 0 Å². The zero-order valence-electron chi connectivity index (χ0n) is 16.1. The summed E-state index contributed by atoms with van der Waals surface area (Å²) in [4.78, 5) is 25.6. The third-order valence-corrected chi connectivity index (χ3v) is 5.59. The van der Waals surface area contributed by atoms with Gasteiger partial charge in [0.2, 0.25) is 0 Å². The van der Waals surface area contributed by atoms with Crippen LogP contribution in [0.3, 0.4) is 0 Å². The Hall–Kier alpha value is -1.06. The quantitative estimate of drug-likeness (QED) is 0.619. The van der Waals surface area contributed by atoms with Gasteiger partial charge in [-0.3, -0.25) is 9.59 Å². The van der Waals surface area contributed by atoms with Crippen LogP contribution in [0.2, 0.25) is 0 Å². The molecule has 1 aliphatic heterocycles. The van der Waals surface area contributed by atoms with E-state index in [9.17, 15) is 9.59 Å². The number of unbranched alkanes of at least 4 members (excludes halogenated alkanes) is 2. The van der Waals surface area contributed by atoms with Crippen molar-refractivity contribution in [1.29, 1.82) is 0 Å². The molecule has 24 heavy (non-hydrogen) atoms. The highest BCUT2D eigenvalue weighted by Crippen LogP contribution is 2.45. The minimum atomic E-state index is -0.559. The molecular weight excluding hydrogens is 304 g/mol. The summed E-state index contributed by atoms with van der Waals surface area (Å²) in [5.41, 5.74) is -0.559. The smallest absolute Gasteiger partial charge is 0.312 e. The first-order valence-corrected chi connectivity index (χ1v) is 9.87. The highest BCUT2D eigenvalue weighted by molar-refractivity contribution is 5.80. The van der Waals surface area contributed by atoms with E-state index in [4.69, 9.17) is 9.47 Å². The molecule has 0 spiro atoms. The Kier molecular flexibility index (Phi) is 9.38. The lowest BCUT2D eigenvalue weighted by molar-refractivity contribution is -0.165. The number of esters is 2. The Bertz CT molecular complexity index is 383. The molecule has 1 fully saturated rings. The number of cyclic esters (lactones) is 2. The SMILES string of the molecule is CCCCC1(CCCC)C(=O)OCCCCOC(=O)C(CC)C1C. The first kappa shape index (κ1) is 21.0. The Morgan fingerprint density at radius 1 is 0.958 bits per heavy atom. The fourth-order valence-corrected chi connectivity index (χ4v) is 3.86. The molecule has 1 rings (SSSR count). The molecule has 1 saturated heterocycles. The van der Waals surface area contributed by atoms with Crippen LogP contribution in [0.4, 0.5) is 0 Å². The summed E-state index contributed by atoms with van der Waals surface area (Å²) >= 11 is 0. The van der Waals surface area contributed by atoms with Crippen LogP contribution in [-0.2, 0) is 19.1 Å². The van der Waals surface area contributed by atoms with Crippen LogP contribution in [0.25, 0.3) is 0 Å². The Morgan fingerprint density at radius 3 is 2.00 bits per heavy atom. The van der Waals surface area contributed by atoms with Gasteiger partial charge in [-0.2, -0.15) is 0 Å². The molecule has 0 saturated carbocycles. The van der Waals surface area contributed by atoms with E-state index in [0.717, 1.165) is 51.4 Å². The number of rotatable bonds is 7. The molecule has 2 atom stereocenters. The average molecular weight is 341 g/mol. The summed E-state index contributed by atoms with van der Waals surface area (Å²) < 4.78 is 11.2. The minimum absolute atomic E-state index is 0.0568. The summed E-state index contributed by atoms with van der Waals surface area (Å²) in [7, 11) is 0. The van der Waals surface area contributed by atoms with Gasteiger partial charge in [0.1, 0.15) is 0 Å². The number of carbonyl (C=O) groups is 2. The first-order valence-electron chi connectivity index (χ1n) is 9.87. The monoisotopic (exact) mass is 340 g/mol. The highest BCUT2D eigenvalue weighted by Gasteiger charge is 2.48. The molecule has 0 aromatic rings. The summed E-state index contributed by atoms with van der Waals surface area (Å²) in [5.74, 6) is -0.523. The second kappa shape index (κ2) is 10.7. The summed E-state index contributed by atoms with van der Waals surface area (Å²) in [6, 6.07) is 0. The molecule has 4 heteroatoms. The molecule has 4 nitrogen and oxygen atoms in total. The van der Waals surface area contributed by atoms with Gasteiger partial charge in [0.15, 0.2) is 0 Å². The Labute approximate surface area is 147 Å². The van der Waals surface area contributed by atoms with E-state index in [1.807, 2.05) is 6.92 Å². The molecule has 0 aliphatic carbocycles. The maximum Gasteiger partial charge on any atom is 0.312 e. The van der Waals surface area contributed by atoms with Gasteiger partial charge >= 0.3 is 11.9 Å². The van der Waals surface area contributed by atoms with Crippen molar-refractivity contribution in [1.82, 2.24) is 0 Å². The van der Waals surface area contributed by atoms with Crippen molar-refractivity contribution in [3.05, 3.63) is 0 Å². The number of hydrogen-bond acceptors (Lipinski definition) is 4. The largest absolute Gasteiger partial charge is 0.465 e. The minimum Gasteiger partial charge on any atom is -0.465 e. The van der Waals surface area contributed by atoms with Crippen LogP contribution in [0.1, 0.15) is 85.5 Å². The number of carbonyl (C=O) groups excluding carboxylic acids is 2. The van der Waals surface area contributed by atoms with Crippen LogP contribution in [-0.4, -0.2) is 25.2 Å². The van der Waals surface area contributed by atoms with E-state index in [1.165, 1.54) is 0 Å². The third-order valence-electron chi connectivity index (χ3n) is 5.59. The third kappa shape index (κ3) is 5.22. The van der Waals surface area contributed by atoms with E-state index >= 15 is 0 Å². The molecule has 2 unspecified atom stereocenters. The van der Waals surface area contributed by atoms with Gasteiger partial charge in [-0.25, -0.2) is 0 Å². The molecule has 0 aromatic heterocycles. The lowest BCUT2D eigenvalue weighted by Crippen LogP contribution is -2.44. The number of hydrogen-bond donors (Lipinski definition) is 0. The van der Waals surface area contributed by atoms with E-state index in [0.29, 0.717) is 19.6 Å². The van der Waals surface area contributed by atoms with Crippen molar-refractivity contribution < 1.29 is 19.1 Å². The van der Waals surface area contributed by atoms with Gasteiger partial charge in [-0.1, -0.05) is 53.4 Å². The summed E-state index contributed by atoms with van der Waals surface area (Å²) in [6.07, 6.45) is 7.84. The molecule has 140 valence electrons. The van der Waals surface area contributed by atoms with Crippen LogP contribution in [0.5, 0.6) is 0 Å². The average Bonchev–Trinajstić information content (AvgIpc) is 2.59. The van der Waals surface area contributed by atoms with Crippen LogP contribution in [0.15, 0.2) is 0 Å². The summed E-state index contributed by atoms with van der Waals surface area (Å²) in [6.45, 7) is 9.20. The van der Waals surface area contributed by atoms with E-state index in [1.54, 1.807) is 0 Å². The normalized spacial score (nSPS) is 25.5. The maximum atomic E-state index is 13.1. The lowest BCUT2D eigenvalue weighted by atomic mass is 9.64. The molecule has 0 amide bonds. The van der Waals surface area contributed by atoms with Gasteiger partial charge in [-0.15, -0.1) is 0 Å². The molecule has 0 aromatic carbocycles. The highest BCUT2D eigenvalue weighted by atomic mass is 16.5. The van der Waals surface area contributed by atoms with Crippen LogP contribution < -0.4 is 0 Å². The van der Waals surface area contributed by atoms with Gasteiger partial charge < -0.3 is 9.47 Å².